The number of guanidine groups is 1. The third-order valence-corrected chi connectivity index (χ3v) is 3.21. The van der Waals surface area contributed by atoms with E-state index in [4.69, 9.17) is 10.5 Å². The molecule has 0 aliphatic rings. The Balaban J connectivity index is 1.96. The van der Waals surface area contributed by atoms with Gasteiger partial charge in [-0.15, -0.1) is 0 Å². The van der Waals surface area contributed by atoms with Gasteiger partial charge in [0.25, 0.3) is 0 Å². The molecule has 0 bridgehead atoms. The minimum atomic E-state index is -0.00363. The number of nitrogens with one attached hydrogen (secondary N) is 1. The maximum Gasteiger partial charge on any atom is 0.193 e. The van der Waals surface area contributed by atoms with Crippen LogP contribution in [0.4, 0.5) is 5.69 Å². The first-order valence-electron chi connectivity index (χ1n) is 7.60. The predicted molar refractivity (Wildman–Crippen MR) is 93.5 cm³/mol. The highest BCUT2D eigenvalue weighted by molar-refractivity contribution is 5.92. The van der Waals surface area contributed by atoms with Crippen molar-refractivity contribution in [2.75, 3.05) is 5.32 Å². The standard InChI is InChI=1S/C18H23N3O2/c1-13(2)23-17-9-7-16(8-10-17)21-18(19)20-11-14-5-3-4-6-15(14)12-22/h3-10,13,22H,11-12H2,1-2H3,(H3,19,20,21). The topological polar surface area (TPSA) is 79.9 Å². The Morgan fingerprint density at radius 3 is 2.39 bits per heavy atom. The van der Waals surface area contributed by atoms with Gasteiger partial charge < -0.3 is 20.9 Å². The number of hydrogen-bond donors (Lipinski definition) is 3. The van der Waals surface area contributed by atoms with E-state index in [1.165, 1.54) is 0 Å². The average molecular weight is 313 g/mol. The van der Waals surface area contributed by atoms with Gasteiger partial charge in [-0.05, 0) is 49.2 Å². The Labute approximate surface area is 136 Å². The summed E-state index contributed by atoms with van der Waals surface area (Å²) in [5.41, 5.74) is 8.57. The highest BCUT2D eigenvalue weighted by Crippen LogP contribution is 2.17. The Hall–Kier alpha value is -2.53. The minimum Gasteiger partial charge on any atom is -0.491 e. The number of aliphatic imine (C=N–C) groups is 1. The average Bonchev–Trinajstić information content (AvgIpc) is 2.54. The number of aliphatic hydroxyl groups is 1. The van der Waals surface area contributed by atoms with Crippen molar-refractivity contribution in [1.29, 1.82) is 0 Å². The first-order valence-corrected chi connectivity index (χ1v) is 7.60. The summed E-state index contributed by atoms with van der Waals surface area (Å²) in [6.45, 7) is 4.39. The number of rotatable bonds is 6. The molecule has 0 saturated carbocycles. The summed E-state index contributed by atoms with van der Waals surface area (Å²) in [6.07, 6.45) is 0.145. The van der Waals surface area contributed by atoms with Crippen molar-refractivity contribution in [2.45, 2.75) is 33.1 Å². The Morgan fingerprint density at radius 2 is 1.78 bits per heavy atom. The number of nitrogens with zero attached hydrogens (tertiary/aromatic N) is 1. The molecule has 0 saturated heterocycles. The summed E-state index contributed by atoms with van der Waals surface area (Å²) < 4.78 is 5.59. The van der Waals surface area contributed by atoms with Crippen LogP contribution in [0.15, 0.2) is 53.5 Å². The van der Waals surface area contributed by atoms with Crippen LogP contribution in [0.2, 0.25) is 0 Å². The largest absolute Gasteiger partial charge is 0.491 e. The zero-order valence-electron chi connectivity index (χ0n) is 13.5. The molecule has 0 aliphatic heterocycles. The van der Waals surface area contributed by atoms with E-state index in [1.54, 1.807) is 0 Å². The van der Waals surface area contributed by atoms with Crippen molar-refractivity contribution in [2.24, 2.45) is 10.7 Å². The fraction of sp³-hybridized carbons (Fsp3) is 0.278. The molecule has 0 atom stereocenters. The zero-order chi connectivity index (χ0) is 16.7. The number of hydrogen-bond acceptors (Lipinski definition) is 3. The van der Waals surface area contributed by atoms with E-state index < -0.39 is 0 Å². The molecule has 2 aromatic rings. The number of anilines is 1. The number of aliphatic hydroxyl groups excluding tert-OH is 1. The van der Waals surface area contributed by atoms with Crippen molar-refractivity contribution in [1.82, 2.24) is 0 Å². The smallest absolute Gasteiger partial charge is 0.193 e. The van der Waals surface area contributed by atoms with Crippen LogP contribution >= 0.6 is 0 Å². The minimum absolute atomic E-state index is 0.00363. The molecule has 0 radical (unpaired) electrons. The number of ether oxygens (including phenoxy) is 1. The normalized spacial score (nSPS) is 11.6. The van der Waals surface area contributed by atoms with E-state index in [0.29, 0.717) is 12.5 Å². The summed E-state index contributed by atoms with van der Waals surface area (Å²) in [5.74, 6) is 1.15. The van der Waals surface area contributed by atoms with Gasteiger partial charge in [-0.3, -0.25) is 0 Å². The van der Waals surface area contributed by atoms with Gasteiger partial charge in [0.1, 0.15) is 5.75 Å². The van der Waals surface area contributed by atoms with Gasteiger partial charge >= 0.3 is 0 Å². The second kappa shape index (κ2) is 8.19. The van der Waals surface area contributed by atoms with Crippen LogP contribution in [0.1, 0.15) is 25.0 Å². The molecule has 2 rings (SSSR count). The lowest BCUT2D eigenvalue weighted by Gasteiger charge is -2.11. The lowest BCUT2D eigenvalue weighted by atomic mass is 10.1. The molecule has 0 unspecified atom stereocenters. The summed E-state index contributed by atoms with van der Waals surface area (Å²) in [4.78, 5) is 4.31. The van der Waals surface area contributed by atoms with Gasteiger partial charge in [-0.2, -0.15) is 0 Å². The van der Waals surface area contributed by atoms with Crippen LogP contribution in [-0.2, 0) is 13.2 Å². The van der Waals surface area contributed by atoms with Crippen LogP contribution < -0.4 is 15.8 Å². The van der Waals surface area contributed by atoms with Crippen molar-refractivity contribution in [3.8, 4) is 5.75 Å². The fourth-order valence-corrected chi connectivity index (χ4v) is 2.11. The summed E-state index contributed by atoms with van der Waals surface area (Å²) in [6, 6.07) is 15.2. The highest BCUT2D eigenvalue weighted by atomic mass is 16.5. The van der Waals surface area contributed by atoms with E-state index in [-0.39, 0.29) is 12.7 Å². The maximum atomic E-state index is 9.30. The molecule has 0 fully saturated rings. The molecule has 0 amide bonds. The fourth-order valence-electron chi connectivity index (χ4n) is 2.11. The van der Waals surface area contributed by atoms with Crippen LogP contribution in [0.25, 0.3) is 0 Å². The SMILES string of the molecule is CC(C)Oc1ccc(NC(N)=NCc2ccccc2CO)cc1. The molecular formula is C18H23N3O2. The lowest BCUT2D eigenvalue weighted by molar-refractivity contribution is 0.242. The molecule has 5 heteroatoms. The molecular weight excluding hydrogens is 290 g/mol. The zero-order valence-corrected chi connectivity index (χ0v) is 13.5. The van der Waals surface area contributed by atoms with Crippen LogP contribution in [0.3, 0.4) is 0 Å². The van der Waals surface area contributed by atoms with E-state index in [1.807, 2.05) is 62.4 Å². The predicted octanol–water partition coefficient (Wildman–Crippen LogP) is 2.89. The Morgan fingerprint density at radius 1 is 1.13 bits per heavy atom. The van der Waals surface area contributed by atoms with Gasteiger partial charge in [0, 0.05) is 5.69 Å². The lowest BCUT2D eigenvalue weighted by Crippen LogP contribution is -2.22. The van der Waals surface area contributed by atoms with Gasteiger partial charge in [0.15, 0.2) is 5.96 Å². The van der Waals surface area contributed by atoms with Gasteiger partial charge in [0.2, 0.25) is 0 Å². The van der Waals surface area contributed by atoms with Gasteiger partial charge in [-0.25, -0.2) is 4.99 Å². The Bertz CT molecular complexity index is 652. The van der Waals surface area contributed by atoms with Crippen molar-refractivity contribution in [3.63, 3.8) is 0 Å². The van der Waals surface area contributed by atoms with E-state index in [0.717, 1.165) is 22.6 Å². The molecule has 0 spiro atoms. The van der Waals surface area contributed by atoms with Crippen molar-refractivity contribution >= 4 is 11.6 Å². The maximum absolute atomic E-state index is 9.30. The third-order valence-electron chi connectivity index (χ3n) is 3.21. The second-order valence-corrected chi connectivity index (χ2v) is 5.44. The van der Waals surface area contributed by atoms with Gasteiger partial charge in [-0.1, -0.05) is 24.3 Å². The highest BCUT2D eigenvalue weighted by Gasteiger charge is 2.01. The molecule has 23 heavy (non-hydrogen) atoms. The molecule has 4 N–H and O–H groups in total. The molecule has 0 aliphatic carbocycles. The molecule has 0 aromatic heterocycles. The van der Waals surface area contributed by atoms with Crippen LogP contribution in [0.5, 0.6) is 5.75 Å². The molecule has 5 nitrogen and oxygen atoms in total. The second-order valence-electron chi connectivity index (χ2n) is 5.44. The molecule has 122 valence electrons. The number of benzene rings is 2. The molecule has 2 aromatic carbocycles. The van der Waals surface area contributed by atoms with Crippen LogP contribution in [0, 0.1) is 0 Å². The molecule has 0 heterocycles. The summed E-state index contributed by atoms with van der Waals surface area (Å²) in [5, 5.41) is 12.3. The van der Waals surface area contributed by atoms with E-state index >= 15 is 0 Å². The van der Waals surface area contributed by atoms with E-state index in [9.17, 15) is 5.11 Å². The van der Waals surface area contributed by atoms with E-state index in [2.05, 4.69) is 10.3 Å². The first kappa shape index (κ1) is 16.8. The summed E-state index contributed by atoms with van der Waals surface area (Å²) >= 11 is 0. The first-order chi connectivity index (χ1) is 11.1. The number of nitrogens with two attached hydrogens (primary N) is 1. The van der Waals surface area contributed by atoms with Crippen LogP contribution in [-0.4, -0.2) is 17.2 Å². The van der Waals surface area contributed by atoms with Gasteiger partial charge in [0.05, 0.1) is 19.3 Å². The van der Waals surface area contributed by atoms with Crippen molar-refractivity contribution in [3.05, 3.63) is 59.7 Å². The quantitative estimate of drug-likeness (QED) is 0.566. The Kier molecular flexibility index (Phi) is 6.00. The third kappa shape index (κ3) is 5.30. The monoisotopic (exact) mass is 313 g/mol. The van der Waals surface area contributed by atoms with Crippen molar-refractivity contribution < 1.29 is 9.84 Å². The summed E-state index contributed by atoms with van der Waals surface area (Å²) in [7, 11) is 0.